The van der Waals surface area contributed by atoms with E-state index >= 15 is 0 Å². The summed E-state index contributed by atoms with van der Waals surface area (Å²) in [7, 11) is 0. The Morgan fingerprint density at radius 3 is 2.93 bits per heavy atom. The number of nitrogens with one attached hydrogen (secondary N) is 1. The third-order valence-corrected chi connectivity index (χ3v) is 6.35. The maximum absolute atomic E-state index is 13.1. The molecule has 3 heterocycles. The van der Waals surface area contributed by atoms with Crippen molar-refractivity contribution in [3.05, 3.63) is 64.6 Å². The molecule has 0 fully saturated rings. The number of fused-ring (bicyclic) bond motifs is 1. The van der Waals surface area contributed by atoms with Crippen molar-refractivity contribution in [1.29, 1.82) is 0 Å². The first-order valence-electron chi connectivity index (χ1n) is 9.00. The Bertz CT molecular complexity index is 998. The van der Waals surface area contributed by atoms with E-state index in [1.54, 1.807) is 23.9 Å². The van der Waals surface area contributed by atoms with E-state index in [1.807, 2.05) is 29.2 Å². The van der Waals surface area contributed by atoms with Gasteiger partial charge in [-0.15, -0.1) is 11.8 Å². The van der Waals surface area contributed by atoms with Crippen LogP contribution in [0.4, 0.5) is 5.13 Å². The zero-order chi connectivity index (χ0) is 19.5. The number of carbonyl (C=O) groups excluding carboxylic acids is 2. The minimum Gasteiger partial charge on any atom is -0.459 e. The number of carbonyl (C=O) groups is 2. The fourth-order valence-corrected chi connectivity index (χ4v) is 4.90. The topological polar surface area (TPSA) is 75.4 Å². The van der Waals surface area contributed by atoms with E-state index in [9.17, 15) is 9.59 Å². The van der Waals surface area contributed by atoms with Crippen molar-refractivity contribution in [3.8, 4) is 0 Å². The van der Waals surface area contributed by atoms with Gasteiger partial charge in [-0.1, -0.05) is 30.4 Å². The van der Waals surface area contributed by atoms with Crippen molar-refractivity contribution in [2.24, 2.45) is 0 Å². The van der Waals surface area contributed by atoms with E-state index in [4.69, 9.17) is 4.42 Å². The molecule has 2 aromatic heterocycles. The Labute approximate surface area is 171 Å². The van der Waals surface area contributed by atoms with Gasteiger partial charge < -0.3 is 9.32 Å². The Hall–Kier alpha value is -2.58. The molecule has 0 spiro atoms. The van der Waals surface area contributed by atoms with Crippen molar-refractivity contribution < 1.29 is 14.0 Å². The molecule has 1 aromatic carbocycles. The maximum Gasteiger partial charge on any atom is 0.293 e. The van der Waals surface area contributed by atoms with E-state index in [-0.39, 0.29) is 17.6 Å². The van der Waals surface area contributed by atoms with E-state index < -0.39 is 0 Å². The van der Waals surface area contributed by atoms with Crippen LogP contribution in [0.3, 0.4) is 0 Å². The number of thioether (sulfide) groups is 1. The van der Waals surface area contributed by atoms with Gasteiger partial charge in [-0.25, -0.2) is 4.98 Å². The average Bonchev–Trinajstić information content (AvgIpc) is 3.37. The Morgan fingerprint density at radius 1 is 1.29 bits per heavy atom. The van der Waals surface area contributed by atoms with Crippen molar-refractivity contribution in [2.45, 2.75) is 24.8 Å². The van der Waals surface area contributed by atoms with Crippen LogP contribution in [-0.4, -0.2) is 34.0 Å². The van der Waals surface area contributed by atoms with Gasteiger partial charge in [-0.05, 0) is 30.0 Å². The zero-order valence-corrected chi connectivity index (χ0v) is 16.9. The molecule has 8 heteroatoms. The monoisotopic (exact) mass is 413 g/mol. The highest BCUT2D eigenvalue weighted by Gasteiger charge is 2.26. The van der Waals surface area contributed by atoms with Crippen LogP contribution in [0.2, 0.25) is 0 Å². The zero-order valence-electron chi connectivity index (χ0n) is 15.3. The van der Waals surface area contributed by atoms with Gasteiger partial charge in [0.1, 0.15) is 0 Å². The summed E-state index contributed by atoms with van der Waals surface area (Å²) < 4.78 is 5.11. The summed E-state index contributed by atoms with van der Waals surface area (Å²) in [4.78, 5) is 33.6. The van der Waals surface area contributed by atoms with Crippen LogP contribution >= 0.6 is 23.1 Å². The highest BCUT2D eigenvalue weighted by Crippen LogP contribution is 2.31. The van der Waals surface area contributed by atoms with Gasteiger partial charge >= 0.3 is 0 Å². The summed E-state index contributed by atoms with van der Waals surface area (Å²) in [6, 6.07) is 11.0. The van der Waals surface area contributed by atoms with Gasteiger partial charge in [-0.2, -0.15) is 0 Å². The van der Waals surface area contributed by atoms with Crippen molar-refractivity contribution in [1.82, 2.24) is 9.88 Å². The van der Waals surface area contributed by atoms with Crippen LogP contribution in [0.15, 0.2) is 52.0 Å². The molecule has 0 radical (unpaired) electrons. The molecular formula is C20H19N3O3S2. The molecule has 0 aliphatic carbocycles. The highest BCUT2D eigenvalue weighted by molar-refractivity contribution is 7.99. The largest absolute Gasteiger partial charge is 0.459 e. The molecular weight excluding hydrogens is 394 g/mol. The van der Waals surface area contributed by atoms with Crippen molar-refractivity contribution in [3.63, 3.8) is 0 Å². The summed E-state index contributed by atoms with van der Waals surface area (Å²) in [5.41, 5.74) is 1.69. The number of amides is 2. The molecule has 0 bridgehead atoms. The fraction of sp³-hybridized carbons (Fsp3) is 0.250. The summed E-state index contributed by atoms with van der Waals surface area (Å²) >= 11 is 3.08. The normalized spacial score (nSPS) is 13.2. The minimum absolute atomic E-state index is 0.0387. The van der Waals surface area contributed by atoms with Gasteiger partial charge in [0.2, 0.25) is 0 Å². The summed E-state index contributed by atoms with van der Waals surface area (Å²) in [6.07, 6.45) is 2.14. The summed E-state index contributed by atoms with van der Waals surface area (Å²) in [5.74, 6) is 0.878. The SMILES string of the molecule is CCSc1ccccc1C(=O)N1CCc2nc(NC(=O)c3ccco3)sc2C1. The Morgan fingerprint density at radius 2 is 2.14 bits per heavy atom. The number of nitrogens with zero attached hydrogens (tertiary/aromatic N) is 2. The van der Waals surface area contributed by atoms with E-state index in [2.05, 4.69) is 17.2 Å². The smallest absolute Gasteiger partial charge is 0.293 e. The van der Waals surface area contributed by atoms with Crippen molar-refractivity contribution in [2.75, 3.05) is 17.6 Å². The van der Waals surface area contributed by atoms with Crippen LogP contribution in [-0.2, 0) is 13.0 Å². The minimum atomic E-state index is -0.324. The van der Waals surface area contributed by atoms with Gasteiger partial charge in [0.05, 0.1) is 24.1 Å². The molecule has 2 amide bonds. The van der Waals surface area contributed by atoms with Gasteiger partial charge in [-0.3, -0.25) is 14.9 Å². The summed E-state index contributed by atoms with van der Waals surface area (Å²) in [5, 5.41) is 3.30. The number of hydrogen-bond donors (Lipinski definition) is 1. The fourth-order valence-electron chi connectivity index (χ4n) is 3.08. The molecule has 4 rings (SSSR count). The second-order valence-electron chi connectivity index (χ2n) is 6.23. The van der Waals surface area contributed by atoms with E-state index in [0.717, 1.165) is 26.8 Å². The van der Waals surface area contributed by atoms with E-state index in [0.29, 0.717) is 24.6 Å². The molecule has 1 aliphatic rings. The third-order valence-electron chi connectivity index (χ3n) is 4.40. The quantitative estimate of drug-likeness (QED) is 0.631. The number of aromatic nitrogens is 1. The lowest BCUT2D eigenvalue weighted by Gasteiger charge is -2.26. The first kappa shape index (κ1) is 18.8. The van der Waals surface area contributed by atoms with Crippen LogP contribution in [0.25, 0.3) is 0 Å². The second kappa shape index (κ2) is 8.20. The molecule has 28 heavy (non-hydrogen) atoms. The number of hydrogen-bond acceptors (Lipinski definition) is 6. The Balaban J connectivity index is 1.48. The molecule has 144 valence electrons. The number of benzene rings is 1. The Kier molecular flexibility index (Phi) is 5.50. The molecule has 0 saturated carbocycles. The first-order valence-corrected chi connectivity index (χ1v) is 10.8. The number of rotatable bonds is 5. The molecule has 0 unspecified atom stereocenters. The predicted octanol–water partition coefficient (Wildman–Crippen LogP) is 4.30. The maximum atomic E-state index is 13.1. The van der Waals surface area contributed by atoms with Crippen LogP contribution in [0.5, 0.6) is 0 Å². The summed E-state index contributed by atoms with van der Waals surface area (Å²) in [6.45, 7) is 3.20. The van der Waals surface area contributed by atoms with Gasteiger partial charge in [0.15, 0.2) is 10.9 Å². The number of anilines is 1. The lowest BCUT2D eigenvalue weighted by atomic mass is 10.1. The molecule has 1 aliphatic heterocycles. The standard InChI is InChI=1S/C20H19N3O3S2/c1-2-27-16-8-4-3-6-13(16)19(25)23-10-9-14-17(12-23)28-20(21-14)22-18(24)15-7-5-11-26-15/h3-8,11H,2,9-10,12H2,1H3,(H,21,22,24). The van der Waals surface area contributed by atoms with E-state index in [1.165, 1.54) is 17.6 Å². The van der Waals surface area contributed by atoms with Gasteiger partial charge in [0, 0.05) is 22.7 Å². The highest BCUT2D eigenvalue weighted by atomic mass is 32.2. The number of furan rings is 1. The average molecular weight is 414 g/mol. The van der Waals surface area contributed by atoms with Crippen LogP contribution in [0, 0.1) is 0 Å². The van der Waals surface area contributed by atoms with Crippen LogP contribution in [0.1, 0.15) is 38.4 Å². The first-order chi connectivity index (χ1) is 13.7. The lowest BCUT2D eigenvalue weighted by Crippen LogP contribution is -2.35. The molecule has 0 saturated heterocycles. The molecule has 0 atom stereocenters. The van der Waals surface area contributed by atoms with Crippen LogP contribution < -0.4 is 5.32 Å². The molecule has 6 nitrogen and oxygen atoms in total. The lowest BCUT2D eigenvalue weighted by molar-refractivity contribution is 0.0732. The molecule has 3 aromatic rings. The predicted molar refractivity (Wildman–Crippen MR) is 110 cm³/mol. The molecule has 1 N–H and O–H groups in total. The van der Waals surface area contributed by atoms with Crippen molar-refractivity contribution >= 4 is 40.0 Å². The second-order valence-corrected chi connectivity index (χ2v) is 8.62. The third kappa shape index (κ3) is 3.83. The number of thiazole rings is 1. The van der Waals surface area contributed by atoms with Gasteiger partial charge in [0.25, 0.3) is 11.8 Å².